The number of likely N-dealkylation sites (tertiary alicyclic amines) is 3. The standard InChI is InChI=1S/C36H52F3N7O5S2/c1-3-51-35(48)40-27-9-17-43(18-10-27)22-23-52-32-24-26(7-8-30(32)36(37,38)39)34-29-25-44(53(2,49)50)21-13-31(29)46(41-34)16-5-14-42-19-11-28(12-20-42)45-15-4-6-33(45)47/h7-8,24,27-28H,3-6,9-23,25H2,1-2H3,(H,40,48). The van der Waals surface area contributed by atoms with Gasteiger partial charge in [0.25, 0.3) is 0 Å². The van der Waals surface area contributed by atoms with E-state index in [0.717, 1.165) is 107 Å². The van der Waals surface area contributed by atoms with Crippen LogP contribution in [0.25, 0.3) is 11.3 Å². The first-order valence-corrected chi connectivity index (χ1v) is 21.7. The third kappa shape index (κ3) is 10.1. The molecule has 2 aromatic rings. The number of alkyl halides is 3. The summed E-state index contributed by atoms with van der Waals surface area (Å²) >= 11 is 1.16. The number of aromatic nitrogens is 2. The SMILES string of the molecule is CCOC(=O)NC1CCN(CCSc2cc(-c3nn(CCCN4CCC(N5CCCC5=O)CC4)c4c3CN(S(C)(=O)=O)CC4)ccc2C(F)(F)F)CC1. The zero-order valence-electron chi connectivity index (χ0n) is 30.7. The molecule has 0 atom stereocenters. The number of carbonyl (C=O) groups is 2. The quantitative estimate of drug-likeness (QED) is 0.290. The Morgan fingerprint density at radius 2 is 1.72 bits per heavy atom. The summed E-state index contributed by atoms with van der Waals surface area (Å²) < 4.78 is 76.3. The van der Waals surface area contributed by atoms with Gasteiger partial charge in [0.05, 0.1) is 24.1 Å². The van der Waals surface area contributed by atoms with Crippen molar-refractivity contribution in [3.05, 3.63) is 35.0 Å². The van der Waals surface area contributed by atoms with Gasteiger partial charge in [-0.1, -0.05) is 6.07 Å². The summed E-state index contributed by atoms with van der Waals surface area (Å²) in [5, 5.41) is 7.82. The van der Waals surface area contributed by atoms with Crippen molar-refractivity contribution in [3.8, 4) is 11.3 Å². The highest BCUT2D eigenvalue weighted by Gasteiger charge is 2.36. The van der Waals surface area contributed by atoms with E-state index in [4.69, 9.17) is 9.84 Å². The number of thioether (sulfide) groups is 1. The minimum absolute atomic E-state index is 0.0149. The first-order chi connectivity index (χ1) is 25.3. The summed E-state index contributed by atoms with van der Waals surface area (Å²) in [4.78, 5) is 30.8. The number of rotatable bonds is 13. The van der Waals surface area contributed by atoms with Gasteiger partial charge < -0.3 is 24.8 Å². The predicted octanol–water partition coefficient (Wildman–Crippen LogP) is 4.67. The van der Waals surface area contributed by atoms with Gasteiger partial charge in [0.1, 0.15) is 0 Å². The number of sulfonamides is 1. The number of hydrogen-bond acceptors (Lipinski definition) is 9. The Labute approximate surface area is 314 Å². The molecule has 0 aliphatic carbocycles. The molecular formula is C36H52F3N7O5S2. The molecule has 0 radical (unpaired) electrons. The average Bonchev–Trinajstić information content (AvgIpc) is 3.71. The molecular weight excluding hydrogens is 732 g/mol. The number of amides is 2. The van der Waals surface area contributed by atoms with Crippen molar-refractivity contribution in [2.45, 2.75) is 94.5 Å². The van der Waals surface area contributed by atoms with Crippen LogP contribution in [0.2, 0.25) is 0 Å². The van der Waals surface area contributed by atoms with Crippen molar-refractivity contribution in [3.63, 3.8) is 0 Å². The second kappa shape index (κ2) is 17.3. The van der Waals surface area contributed by atoms with E-state index in [2.05, 4.69) is 20.0 Å². The molecule has 0 spiro atoms. The molecule has 1 aromatic heterocycles. The Hall–Kier alpha value is -2.86. The number of alkyl carbamates (subject to hydrolysis) is 1. The Bertz CT molecular complexity index is 1710. The highest BCUT2D eigenvalue weighted by atomic mass is 32.2. The number of carbonyl (C=O) groups excluding carboxylic acids is 2. The number of halogens is 3. The number of nitrogens with one attached hydrogen (secondary N) is 1. The monoisotopic (exact) mass is 783 g/mol. The van der Waals surface area contributed by atoms with Crippen LogP contribution in [-0.2, 0) is 45.2 Å². The first-order valence-electron chi connectivity index (χ1n) is 18.9. The van der Waals surface area contributed by atoms with E-state index in [1.54, 1.807) is 13.0 Å². The highest BCUT2D eigenvalue weighted by molar-refractivity contribution is 7.99. The lowest BCUT2D eigenvalue weighted by molar-refractivity contribution is -0.139. The number of hydrogen-bond donors (Lipinski definition) is 1. The van der Waals surface area contributed by atoms with Crippen LogP contribution in [0.1, 0.15) is 68.7 Å². The Kier molecular flexibility index (Phi) is 13.0. The molecule has 53 heavy (non-hydrogen) atoms. The van der Waals surface area contributed by atoms with Gasteiger partial charge >= 0.3 is 12.3 Å². The molecule has 294 valence electrons. The average molecular weight is 784 g/mol. The van der Waals surface area contributed by atoms with Crippen LogP contribution in [0.3, 0.4) is 0 Å². The molecule has 2 amide bonds. The Balaban J connectivity index is 1.13. The fourth-order valence-corrected chi connectivity index (χ4v) is 9.97. The highest BCUT2D eigenvalue weighted by Crippen LogP contribution is 2.40. The number of fused-ring (bicyclic) bond motifs is 1. The number of nitrogens with zero attached hydrogens (tertiary/aromatic N) is 6. The summed E-state index contributed by atoms with van der Waals surface area (Å²) in [5.41, 5.74) is 2.04. The Morgan fingerprint density at radius 3 is 2.38 bits per heavy atom. The second-order valence-corrected chi connectivity index (χ2v) is 17.6. The van der Waals surface area contributed by atoms with Crippen LogP contribution in [0.15, 0.2) is 23.1 Å². The van der Waals surface area contributed by atoms with Crippen molar-refractivity contribution < 1.29 is 35.9 Å². The van der Waals surface area contributed by atoms with Gasteiger partial charge in [-0.3, -0.25) is 9.48 Å². The van der Waals surface area contributed by atoms with Gasteiger partial charge in [-0.2, -0.15) is 22.6 Å². The minimum atomic E-state index is -4.54. The molecule has 3 saturated heterocycles. The van der Waals surface area contributed by atoms with Crippen LogP contribution >= 0.6 is 11.8 Å². The second-order valence-electron chi connectivity index (χ2n) is 14.5. The molecule has 5 heterocycles. The molecule has 4 aliphatic heterocycles. The van der Waals surface area contributed by atoms with E-state index in [-0.39, 0.29) is 23.4 Å². The van der Waals surface area contributed by atoms with Crippen LogP contribution in [0.4, 0.5) is 18.0 Å². The lowest BCUT2D eigenvalue weighted by Gasteiger charge is -2.36. The Morgan fingerprint density at radius 1 is 1.00 bits per heavy atom. The zero-order chi connectivity index (χ0) is 37.8. The van der Waals surface area contributed by atoms with E-state index in [1.807, 2.05) is 4.68 Å². The fourth-order valence-electron chi connectivity index (χ4n) is 8.07. The molecule has 12 nitrogen and oxygen atoms in total. The maximum absolute atomic E-state index is 14.3. The van der Waals surface area contributed by atoms with Crippen LogP contribution in [0.5, 0.6) is 0 Å². The van der Waals surface area contributed by atoms with Gasteiger partial charge in [-0.05, 0) is 64.1 Å². The lowest BCUT2D eigenvalue weighted by atomic mass is 10.0. The van der Waals surface area contributed by atoms with E-state index >= 15 is 0 Å². The summed E-state index contributed by atoms with van der Waals surface area (Å²) in [7, 11) is -3.49. The van der Waals surface area contributed by atoms with Crippen LogP contribution < -0.4 is 5.32 Å². The van der Waals surface area contributed by atoms with Gasteiger partial charge in [0.15, 0.2) is 0 Å². The lowest BCUT2D eigenvalue weighted by Crippen LogP contribution is -2.45. The molecule has 1 N–H and O–H groups in total. The summed E-state index contributed by atoms with van der Waals surface area (Å²) in [6.45, 7) is 8.74. The third-order valence-corrected chi connectivity index (χ3v) is 13.2. The largest absolute Gasteiger partial charge is 0.450 e. The molecule has 3 fully saturated rings. The van der Waals surface area contributed by atoms with Gasteiger partial charge in [-0.25, -0.2) is 13.2 Å². The first kappa shape index (κ1) is 39.8. The summed E-state index contributed by atoms with van der Waals surface area (Å²) in [5.74, 6) is 0.720. The zero-order valence-corrected chi connectivity index (χ0v) is 32.3. The number of piperidine rings is 2. The maximum Gasteiger partial charge on any atom is 0.417 e. The van der Waals surface area contributed by atoms with Crippen molar-refractivity contribution in [1.82, 2.24) is 34.1 Å². The molecule has 0 saturated carbocycles. The molecule has 0 unspecified atom stereocenters. The van der Waals surface area contributed by atoms with Crippen molar-refractivity contribution in [1.29, 1.82) is 0 Å². The van der Waals surface area contributed by atoms with E-state index in [9.17, 15) is 31.2 Å². The van der Waals surface area contributed by atoms with Crippen LogP contribution in [0, 0.1) is 0 Å². The molecule has 4 aliphatic rings. The van der Waals surface area contributed by atoms with Gasteiger partial charge in [0, 0.05) is 111 Å². The van der Waals surface area contributed by atoms with E-state index in [0.29, 0.717) is 62.1 Å². The molecule has 0 bridgehead atoms. The smallest absolute Gasteiger partial charge is 0.417 e. The predicted molar refractivity (Wildman–Crippen MR) is 197 cm³/mol. The number of aryl methyl sites for hydroxylation is 1. The normalized spacial score (nSPS) is 20.2. The topological polar surface area (TPSA) is 120 Å². The fraction of sp³-hybridized carbons (Fsp3) is 0.694. The third-order valence-electron chi connectivity index (χ3n) is 10.9. The van der Waals surface area contributed by atoms with E-state index < -0.39 is 27.9 Å². The molecule has 17 heteroatoms. The van der Waals surface area contributed by atoms with E-state index in [1.165, 1.54) is 16.6 Å². The summed E-state index contributed by atoms with van der Waals surface area (Å²) in [6, 6.07) is 4.47. The summed E-state index contributed by atoms with van der Waals surface area (Å²) in [6.07, 6.45) is 2.52. The number of benzene rings is 1. The van der Waals surface area contributed by atoms with Crippen molar-refractivity contribution in [2.75, 3.05) is 71.0 Å². The van der Waals surface area contributed by atoms with Crippen molar-refractivity contribution >= 4 is 33.8 Å². The maximum atomic E-state index is 14.3. The molecule has 1 aromatic carbocycles. The van der Waals surface area contributed by atoms with Gasteiger partial charge in [-0.15, -0.1) is 11.8 Å². The van der Waals surface area contributed by atoms with Crippen LogP contribution in [-0.4, -0.2) is 132 Å². The molecule has 6 rings (SSSR count). The van der Waals surface area contributed by atoms with Gasteiger partial charge in [0.2, 0.25) is 15.9 Å². The number of ether oxygens (including phenoxy) is 1. The van der Waals surface area contributed by atoms with Crippen molar-refractivity contribution in [2.24, 2.45) is 0 Å². The minimum Gasteiger partial charge on any atom is -0.450 e.